The lowest BCUT2D eigenvalue weighted by Gasteiger charge is -2.45. The van der Waals surface area contributed by atoms with E-state index in [9.17, 15) is 9.90 Å². The summed E-state index contributed by atoms with van der Waals surface area (Å²) >= 11 is 0. The maximum atomic E-state index is 13.1. The van der Waals surface area contributed by atoms with Crippen molar-refractivity contribution in [1.29, 1.82) is 0 Å². The number of hydrogen-bond donors (Lipinski definition) is 2. The van der Waals surface area contributed by atoms with E-state index in [0.717, 1.165) is 44.6 Å². The molecule has 1 heterocycles. The van der Waals surface area contributed by atoms with Crippen molar-refractivity contribution in [2.75, 3.05) is 32.7 Å². The number of benzene rings is 1. The van der Waals surface area contributed by atoms with Crippen molar-refractivity contribution in [2.24, 2.45) is 23.5 Å². The number of aliphatic hydroxyl groups excluding tert-OH is 1. The second kappa shape index (κ2) is 8.29. The largest absolute Gasteiger partial charge is 0.387 e. The third-order valence-electron chi connectivity index (χ3n) is 7.06. The molecule has 27 heavy (non-hydrogen) atoms. The Hall–Kier alpha value is -1.43. The maximum Gasteiger partial charge on any atom is 0.225 e. The lowest BCUT2D eigenvalue weighted by molar-refractivity contribution is -0.140. The predicted octanol–water partition coefficient (Wildman–Crippen LogP) is 2.02. The van der Waals surface area contributed by atoms with Gasteiger partial charge in [0.1, 0.15) is 0 Å². The number of amides is 1. The summed E-state index contributed by atoms with van der Waals surface area (Å²) in [5.41, 5.74) is 7.34. The molecule has 3 fully saturated rings. The van der Waals surface area contributed by atoms with Crippen LogP contribution in [0.2, 0.25) is 0 Å². The van der Waals surface area contributed by atoms with Crippen LogP contribution in [0, 0.1) is 17.8 Å². The summed E-state index contributed by atoms with van der Waals surface area (Å²) in [6.45, 7) is 3.87. The molecule has 5 nitrogen and oxygen atoms in total. The Morgan fingerprint density at radius 2 is 1.70 bits per heavy atom. The number of hydrogen-bond acceptors (Lipinski definition) is 4. The number of rotatable bonds is 4. The van der Waals surface area contributed by atoms with Gasteiger partial charge in [-0.15, -0.1) is 0 Å². The van der Waals surface area contributed by atoms with Gasteiger partial charge in [-0.25, -0.2) is 0 Å². The van der Waals surface area contributed by atoms with Crippen molar-refractivity contribution in [3.05, 3.63) is 35.9 Å². The minimum absolute atomic E-state index is 0.182. The molecule has 3 unspecified atom stereocenters. The zero-order chi connectivity index (χ0) is 18.8. The van der Waals surface area contributed by atoms with E-state index in [-0.39, 0.29) is 5.92 Å². The van der Waals surface area contributed by atoms with E-state index < -0.39 is 6.10 Å². The van der Waals surface area contributed by atoms with Crippen LogP contribution in [0.4, 0.5) is 0 Å². The number of fused-ring (bicyclic) bond motifs is 2. The number of β-amino-alcohol motifs (C(OH)–C–C–N with tert-alkyl or cyclic N) is 1. The lowest BCUT2D eigenvalue weighted by atomic mass is 9.65. The van der Waals surface area contributed by atoms with Gasteiger partial charge in [0.25, 0.3) is 0 Å². The molecule has 1 aromatic carbocycles. The maximum absolute atomic E-state index is 13.1. The topological polar surface area (TPSA) is 69.8 Å². The standard InChI is InChI=1S/C22H33N3O2/c23-21-17-7-4-8-18(21)14-19(13-17)22(27)25-11-9-24(10-12-25)15-20(26)16-5-2-1-3-6-16/h1-3,5-6,17-21,26H,4,7-15,23H2. The van der Waals surface area contributed by atoms with Crippen LogP contribution in [0.15, 0.2) is 30.3 Å². The van der Waals surface area contributed by atoms with Gasteiger partial charge in [-0.1, -0.05) is 36.8 Å². The SMILES string of the molecule is NC1C2CCCC1CC(C(=O)N1CCN(CC(O)c3ccccc3)CC1)C2. The molecule has 0 radical (unpaired) electrons. The van der Waals surface area contributed by atoms with Gasteiger partial charge < -0.3 is 15.7 Å². The fourth-order valence-corrected chi connectivity index (χ4v) is 5.42. The Balaban J connectivity index is 1.27. The van der Waals surface area contributed by atoms with Crippen LogP contribution in [0.3, 0.4) is 0 Å². The molecule has 1 aromatic rings. The molecule has 5 heteroatoms. The molecule has 0 aromatic heterocycles. The average molecular weight is 372 g/mol. The Labute approximate surface area is 162 Å². The molecule has 2 bridgehead atoms. The molecule has 1 saturated heterocycles. The smallest absolute Gasteiger partial charge is 0.225 e. The van der Waals surface area contributed by atoms with Gasteiger partial charge in [0.15, 0.2) is 0 Å². The van der Waals surface area contributed by atoms with Crippen molar-refractivity contribution < 1.29 is 9.90 Å². The first kappa shape index (κ1) is 18.9. The van der Waals surface area contributed by atoms with Gasteiger partial charge in [-0.05, 0) is 43.1 Å². The monoisotopic (exact) mass is 371 g/mol. The van der Waals surface area contributed by atoms with Crippen LogP contribution in [0.5, 0.6) is 0 Å². The highest BCUT2D eigenvalue weighted by atomic mass is 16.3. The first-order valence-electron chi connectivity index (χ1n) is 10.6. The third-order valence-corrected chi connectivity index (χ3v) is 7.06. The lowest BCUT2D eigenvalue weighted by Crippen LogP contribution is -2.54. The fourth-order valence-electron chi connectivity index (χ4n) is 5.42. The number of nitrogens with zero attached hydrogens (tertiary/aromatic N) is 2. The highest BCUT2D eigenvalue weighted by molar-refractivity contribution is 5.79. The van der Waals surface area contributed by atoms with E-state index in [4.69, 9.17) is 5.73 Å². The summed E-state index contributed by atoms with van der Waals surface area (Å²) < 4.78 is 0. The van der Waals surface area contributed by atoms with E-state index in [1.54, 1.807) is 0 Å². The number of carbonyl (C=O) groups excluding carboxylic acids is 1. The van der Waals surface area contributed by atoms with Crippen molar-refractivity contribution in [1.82, 2.24) is 9.80 Å². The van der Waals surface area contributed by atoms with Crippen LogP contribution in [-0.4, -0.2) is 59.6 Å². The van der Waals surface area contributed by atoms with Crippen LogP contribution in [-0.2, 0) is 4.79 Å². The quantitative estimate of drug-likeness (QED) is 0.850. The molecule has 3 atom stereocenters. The molecular formula is C22H33N3O2. The second-order valence-electron chi connectivity index (χ2n) is 8.75. The minimum atomic E-state index is -0.465. The predicted molar refractivity (Wildman–Crippen MR) is 106 cm³/mol. The number of carbonyl (C=O) groups is 1. The highest BCUT2D eigenvalue weighted by Crippen LogP contribution is 2.42. The minimum Gasteiger partial charge on any atom is -0.387 e. The molecule has 1 aliphatic heterocycles. The van der Waals surface area contributed by atoms with Crippen molar-refractivity contribution in [2.45, 2.75) is 44.2 Å². The van der Waals surface area contributed by atoms with Crippen LogP contribution in [0.1, 0.15) is 43.8 Å². The summed E-state index contributed by atoms with van der Waals surface area (Å²) in [5, 5.41) is 10.4. The van der Waals surface area contributed by atoms with Gasteiger partial charge in [0.2, 0.25) is 5.91 Å². The van der Waals surface area contributed by atoms with Gasteiger partial charge in [-0.3, -0.25) is 9.69 Å². The van der Waals surface area contributed by atoms with Crippen LogP contribution >= 0.6 is 0 Å². The zero-order valence-corrected chi connectivity index (χ0v) is 16.2. The normalized spacial score (nSPS) is 32.9. The summed E-state index contributed by atoms with van der Waals surface area (Å²) in [6, 6.07) is 10.1. The van der Waals surface area contributed by atoms with Gasteiger partial charge in [0.05, 0.1) is 6.10 Å². The van der Waals surface area contributed by atoms with E-state index >= 15 is 0 Å². The zero-order valence-electron chi connectivity index (χ0n) is 16.2. The molecule has 3 aliphatic rings. The number of piperazine rings is 1. The summed E-state index contributed by atoms with van der Waals surface area (Å²) in [5.74, 6) is 1.63. The van der Waals surface area contributed by atoms with E-state index in [1.807, 2.05) is 30.3 Å². The Kier molecular flexibility index (Phi) is 5.81. The number of nitrogens with two attached hydrogens (primary N) is 1. The Morgan fingerprint density at radius 3 is 2.33 bits per heavy atom. The molecular weight excluding hydrogens is 338 g/mol. The van der Waals surface area contributed by atoms with E-state index in [2.05, 4.69) is 9.80 Å². The molecule has 3 N–H and O–H groups in total. The molecule has 1 amide bonds. The first-order valence-corrected chi connectivity index (χ1v) is 10.6. The molecule has 0 spiro atoms. The van der Waals surface area contributed by atoms with Gasteiger partial charge in [0, 0.05) is 44.7 Å². The van der Waals surface area contributed by atoms with E-state index in [0.29, 0.717) is 30.3 Å². The second-order valence-corrected chi connectivity index (χ2v) is 8.75. The van der Waals surface area contributed by atoms with Crippen molar-refractivity contribution in [3.63, 3.8) is 0 Å². The van der Waals surface area contributed by atoms with E-state index in [1.165, 1.54) is 19.3 Å². The third kappa shape index (κ3) is 4.20. The molecule has 148 valence electrons. The average Bonchev–Trinajstić information content (AvgIpc) is 2.68. The van der Waals surface area contributed by atoms with Gasteiger partial charge >= 0.3 is 0 Å². The summed E-state index contributed by atoms with van der Waals surface area (Å²) in [6.07, 6.45) is 5.20. The Morgan fingerprint density at radius 1 is 1.07 bits per heavy atom. The molecule has 4 rings (SSSR count). The van der Waals surface area contributed by atoms with Crippen molar-refractivity contribution in [3.8, 4) is 0 Å². The molecule has 2 aliphatic carbocycles. The van der Waals surface area contributed by atoms with Gasteiger partial charge in [-0.2, -0.15) is 0 Å². The highest BCUT2D eigenvalue weighted by Gasteiger charge is 2.41. The fraction of sp³-hybridized carbons (Fsp3) is 0.682. The van der Waals surface area contributed by atoms with Crippen LogP contribution < -0.4 is 5.73 Å². The number of aliphatic hydroxyl groups is 1. The molecule has 2 saturated carbocycles. The van der Waals surface area contributed by atoms with Crippen LogP contribution in [0.25, 0.3) is 0 Å². The van der Waals surface area contributed by atoms with Crippen molar-refractivity contribution >= 4 is 5.91 Å². The first-order chi connectivity index (χ1) is 13.1. The summed E-state index contributed by atoms with van der Waals surface area (Å²) in [4.78, 5) is 17.4. The summed E-state index contributed by atoms with van der Waals surface area (Å²) in [7, 11) is 0. The Bertz CT molecular complexity index is 616.